The summed E-state index contributed by atoms with van der Waals surface area (Å²) in [5, 5.41) is 9.66. The van der Waals surface area contributed by atoms with Crippen molar-refractivity contribution >= 4 is 23.3 Å². The Balaban J connectivity index is 2.26. The second-order valence-electron chi connectivity index (χ2n) is 5.13. The van der Waals surface area contributed by atoms with Gasteiger partial charge in [-0.25, -0.2) is 4.79 Å². The monoisotopic (exact) mass is 281 g/mol. The topological polar surface area (TPSA) is 40.5 Å². The van der Waals surface area contributed by atoms with E-state index in [2.05, 4.69) is 11.8 Å². The van der Waals surface area contributed by atoms with Gasteiger partial charge in [-0.1, -0.05) is 31.0 Å². The molecule has 0 aromatic heterocycles. The number of nitrogens with zero attached hydrogens (tertiary/aromatic N) is 1. The molecule has 4 heteroatoms. The van der Waals surface area contributed by atoms with Crippen molar-refractivity contribution in [3.05, 3.63) is 28.8 Å². The minimum atomic E-state index is -0.947. The molecular weight excluding hydrogens is 262 g/mol. The van der Waals surface area contributed by atoms with Crippen LogP contribution in [0.15, 0.2) is 18.2 Å². The van der Waals surface area contributed by atoms with Crippen molar-refractivity contribution < 1.29 is 9.90 Å². The molecule has 1 aliphatic rings. The zero-order valence-electron chi connectivity index (χ0n) is 11.2. The first-order valence-electron chi connectivity index (χ1n) is 6.90. The fourth-order valence-corrected chi connectivity index (χ4v) is 3.05. The Labute approximate surface area is 119 Å². The highest BCUT2D eigenvalue weighted by Crippen LogP contribution is 2.30. The normalized spacial score (nSPS) is 20.1. The van der Waals surface area contributed by atoms with Crippen molar-refractivity contribution in [1.82, 2.24) is 0 Å². The van der Waals surface area contributed by atoms with E-state index in [9.17, 15) is 9.90 Å². The summed E-state index contributed by atoms with van der Waals surface area (Å²) in [6.07, 6.45) is 4.68. The number of benzene rings is 1. The average Bonchev–Trinajstić information content (AvgIpc) is 2.63. The number of anilines is 1. The van der Waals surface area contributed by atoms with Gasteiger partial charge in [-0.2, -0.15) is 0 Å². The first-order chi connectivity index (χ1) is 9.13. The number of carboxylic acids is 1. The van der Waals surface area contributed by atoms with Gasteiger partial charge < -0.3 is 10.0 Å². The summed E-state index contributed by atoms with van der Waals surface area (Å²) in [6.45, 7) is 4.05. The predicted molar refractivity (Wildman–Crippen MR) is 78.3 cm³/mol. The van der Waals surface area contributed by atoms with Crippen LogP contribution >= 0.6 is 11.6 Å². The maximum absolute atomic E-state index is 11.4. The molecule has 1 fully saturated rings. The summed E-state index contributed by atoms with van der Waals surface area (Å²) in [6, 6.07) is 5.33. The minimum Gasteiger partial charge on any atom is -0.478 e. The standard InChI is InChI=1S/C15H20ClNO2/c1-2-11-5-4-9-17(10-8-11)13-7-3-6-12(16)14(13)15(18)19/h3,6-7,11H,2,4-5,8-10H2,1H3,(H,18,19). The SMILES string of the molecule is CCC1CCCN(c2cccc(Cl)c2C(=O)O)CC1. The van der Waals surface area contributed by atoms with Gasteiger partial charge in [0.25, 0.3) is 0 Å². The molecule has 1 saturated heterocycles. The second-order valence-corrected chi connectivity index (χ2v) is 5.54. The van der Waals surface area contributed by atoms with Crippen LogP contribution in [0.25, 0.3) is 0 Å². The fraction of sp³-hybridized carbons (Fsp3) is 0.533. The molecule has 0 amide bonds. The predicted octanol–water partition coefficient (Wildman–Crippen LogP) is 4.05. The minimum absolute atomic E-state index is 0.235. The quantitative estimate of drug-likeness (QED) is 0.908. The molecule has 1 heterocycles. The van der Waals surface area contributed by atoms with Crippen LogP contribution in [0, 0.1) is 5.92 Å². The van der Waals surface area contributed by atoms with Crippen LogP contribution in [-0.2, 0) is 0 Å². The van der Waals surface area contributed by atoms with Crippen LogP contribution in [0.2, 0.25) is 5.02 Å². The Kier molecular flexibility index (Phi) is 4.70. The molecule has 0 bridgehead atoms. The molecule has 2 rings (SSSR count). The smallest absolute Gasteiger partial charge is 0.339 e. The van der Waals surface area contributed by atoms with Crippen molar-refractivity contribution in [2.24, 2.45) is 5.92 Å². The van der Waals surface area contributed by atoms with Gasteiger partial charge in [0, 0.05) is 13.1 Å². The fourth-order valence-electron chi connectivity index (χ4n) is 2.80. The molecule has 0 radical (unpaired) electrons. The van der Waals surface area contributed by atoms with E-state index in [4.69, 9.17) is 11.6 Å². The first kappa shape index (κ1) is 14.2. The Bertz CT molecular complexity index is 461. The van der Waals surface area contributed by atoms with Gasteiger partial charge in [0.05, 0.1) is 10.7 Å². The van der Waals surface area contributed by atoms with Gasteiger partial charge in [-0.3, -0.25) is 0 Å². The van der Waals surface area contributed by atoms with Gasteiger partial charge in [0.2, 0.25) is 0 Å². The molecule has 3 nitrogen and oxygen atoms in total. The lowest BCUT2D eigenvalue weighted by Crippen LogP contribution is -2.26. The Hall–Kier alpha value is -1.22. The highest BCUT2D eigenvalue weighted by molar-refractivity contribution is 6.34. The summed E-state index contributed by atoms with van der Waals surface area (Å²) < 4.78 is 0. The highest BCUT2D eigenvalue weighted by Gasteiger charge is 2.22. The number of halogens is 1. The maximum atomic E-state index is 11.4. The zero-order chi connectivity index (χ0) is 13.8. The maximum Gasteiger partial charge on any atom is 0.339 e. The summed E-state index contributed by atoms with van der Waals surface area (Å²) in [5.41, 5.74) is 0.996. The molecule has 1 unspecified atom stereocenters. The van der Waals surface area contributed by atoms with E-state index in [1.54, 1.807) is 6.07 Å². The molecule has 0 spiro atoms. The van der Waals surface area contributed by atoms with E-state index in [1.165, 1.54) is 12.8 Å². The Morgan fingerprint density at radius 1 is 1.42 bits per heavy atom. The molecule has 104 valence electrons. The first-order valence-corrected chi connectivity index (χ1v) is 7.28. The van der Waals surface area contributed by atoms with E-state index in [-0.39, 0.29) is 5.56 Å². The number of hydrogen-bond acceptors (Lipinski definition) is 2. The van der Waals surface area contributed by atoms with E-state index >= 15 is 0 Å². The van der Waals surface area contributed by atoms with E-state index in [0.717, 1.165) is 37.5 Å². The van der Waals surface area contributed by atoms with E-state index in [1.807, 2.05) is 12.1 Å². The highest BCUT2D eigenvalue weighted by atomic mass is 35.5. The zero-order valence-corrected chi connectivity index (χ0v) is 12.0. The average molecular weight is 282 g/mol. The lowest BCUT2D eigenvalue weighted by atomic mass is 9.98. The van der Waals surface area contributed by atoms with Crippen LogP contribution in [-0.4, -0.2) is 24.2 Å². The van der Waals surface area contributed by atoms with Crippen molar-refractivity contribution in [3.8, 4) is 0 Å². The molecule has 0 aliphatic carbocycles. The van der Waals surface area contributed by atoms with Crippen LogP contribution in [0.4, 0.5) is 5.69 Å². The number of carbonyl (C=O) groups is 1. The molecule has 1 aromatic carbocycles. The molecule has 1 N–H and O–H groups in total. The molecule has 19 heavy (non-hydrogen) atoms. The third-order valence-corrected chi connectivity index (χ3v) is 4.29. The number of hydrogen-bond donors (Lipinski definition) is 1. The molecule has 1 atom stereocenters. The molecular formula is C15H20ClNO2. The van der Waals surface area contributed by atoms with Crippen LogP contribution in [0.3, 0.4) is 0 Å². The lowest BCUT2D eigenvalue weighted by Gasteiger charge is -2.25. The lowest BCUT2D eigenvalue weighted by molar-refractivity contribution is 0.0697. The van der Waals surface area contributed by atoms with Crippen LogP contribution < -0.4 is 4.90 Å². The van der Waals surface area contributed by atoms with Crippen molar-refractivity contribution in [2.45, 2.75) is 32.6 Å². The van der Waals surface area contributed by atoms with Crippen LogP contribution in [0.1, 0.15) is 43.0 Å². The summed E-state index contributed by atoms with van der Waals surface area (Å²) in [7, 11) is 0. The van der Waals surface area contributed by atoms with Crippen molar-refractivity contribution in [3.63, 3.8) is 0 Å². The summed E-state index contributed by atoms with van der Waals surface area (Å²) in [4.78, 5) is 13.6. The number of aromatic carboxylic acids is 1. The van der Waals surface area contributed by atoms with Crippen molar-refractivity contribution in [2.75, 3.05) is 18.0 Å². The van der Waals surface area contributed by atoms with Gasteiger partial charge in [0.1, 0.15) is 5.56 Å². The third-order valence-electron chi connectivity index (χ3n) is 3.97. The molecule has 0 saturated carbocycles. The van der Waals surface area contributed by atoms with Gasteiger partial charge in [-0.15, -0.1) is 0 Å². The Morgan fingerprint density at radius 2 is 2.21 bits per heavy atom. The Morgan fingerprint density at radius 3 is 2.89 bits per heavy atom. The van der Waals surface area contributed by atoms with Gasteiger partial charge >= 0.3 is 5.97 Å². The van der Waals surface area contributed by atoms with Crippen LogP contribution in [0.5, 0.6) is 0 Å². The number of rotatable bonds is 3. The molecule has 1 aromatic rings. The second kappa shape index (κ2) is 6.29. The molecule has 1 aliphatic heterocycles. The summed E-state index contributed by atoms with van der Waals surface area (Å²) >= 11 is 6.03. The number of carboxylic acid groups (broad SMARTS) is 1. The third kappa shape index (κ3) is 3.21. The van der Waals surface area contributed by atoms with Gasteiger partial charge in [0.15, 0.2) is 0 Å². The summed E-state index contributed by atoms with van der Waals surface area (Å²) in [5.74, 6) is -0.186. The largest absolute Gasteiger partial charge is 0.478 e. The van der Waals surface area contributed by atoms with E-state index < -0.39 is 5.97 Å². The van der Waals surface area contributed by atoms with E-state index in [0.29, 0.717) is 5.02 Å². The van der Waals surface area contributed by atoms with Gasteiger partial charge in [-0.05, 0) is 37.3 Å². The van der Waals surface area contributed by atoms with Crippen molar-refractivity contribution in [1.29, 1.82) is 0 Å².